The highest BCUT2D eigenvalue weighted by Gasteiger charge is 2.36. The van der Waals surface area contributed by atoms with E-state index in [0.29, 0.717) is 12.0 Å². The smallest absolute Gasteiger partial charge is 0.132 e. The molecule has 2 aliphatic rings. The Balaban J connectivity index is 1.46. The SMILES string of the molecule is CO[C@@H]1C[C@H](CNC(c2ccc(F)cc2)C2CC2)N(c2ccncn2)C1. The Morgan fingerprint density at radius 1 is 1.27 bits per heavy atom. The second kappa shape index (κ2) is 7.68. The molecular weight excluding hydrogens is 331 g/mol. The topological polar surface area (TPSA) is 50.3 Å². The third-order valence-corrected chi connectivity index (χ3v) is 5.47. The minimum atomic E-state index is -0.183. The Hall–Kier alpha value is -2.05. The average Bonchev–Trinajstić information content (AvgIpc) is 3.43. The summed E-state index contributed by atoms with van der Waals surface area (Å²) in [6.45, 7) is 1.69. The van der Waals surface area contributed by atoms with Gasteiger partial charge in [0.25, 0.3) is 0 Å². The Labute approximate surface area is 153 Å². The first-order chi connectivity index (χ1) is 12.7. The molecule has 138 valence electrons. The van der Waals surface area contributed by atoms with Gasteiger partial charge in [-0.3, -0.25) is 0 Å². The zero-order valence-electron chi connectivity index (χ0n) is 15.0. The molecule has 3 atom stereocenters. The van der Waals surface area contributed by atoms with Crippen molar-refractivity contribution in [3.05, 3.63) is 54.2 Å². The maximum atomic E-state index is 13.3. The molecule has 1 aliphatic heterocycles. The lowest BCUT2D eigenvalue weighted by atomic mass is 10.0. The van der Waals surface area contributed by atoms with Crippen molar-refractivity contribution in [3.8, 4) is 0 Å². The number of benzene rings is 1. The van der Waals surface area contributed by atoms with Gasteiger partial charge < -0.3 is 15.0 Å². The van der Waals surface area contributed by atoms with Gasteiger partial charge in [-0.15, -0.1) is 0 Å². The zero-order chi connectivity index (χ0) is 17.9. The highest BCUT2D eigenvalue weighted by Crippen LogP contribution is 2.41. The number of anilines is 1. The summed E-state index contributed by atoms with van der Waals surface area (Å²) in [5.74, 6) is 1.40. The van der Waals surface area contributed by atoms with Crippen LogP contribution in [0, 0.1) is 11.7 Å². The molecule has 2 aromatic rings. The van der Waals surface area contributed by atoms with Crippen molar-refractivity contribution < 1.29 is 9.13 Å². The maximum Gasteiger partial charge on any atom is 0.132 e. The van der Waals surface area contributed by atoms with E-state index in [0.717, 1.165) is 25.3 Å². The van der Waals surface area contributed by atoms with Crippen LogP contribution in [0.2, 0.25) is 0 Å². The van der Waals surface area contributed by atoms with Crippen LogP contribution in [0.15, 0.2) is 42.9 Å². The monoisotopic (exact) mass is 356 g/mol. The number of nitrogens with one attached hydrogen (secondary N) is 1. The molecule has 1 saturated carbocycles. The van der Waals surface area contributed by atoms with Gasteiger partial charge in [0, 0.05) is 38.5 Å². The van der Waals surface area contributed by atoms with Gasteiger partial charge in [0.15, 0.2) is 0 Å². The van der Waals surface area contributed by atoms with Gasteiger partial charge in [-0.2, -0.15) is 0 Å². The lowest BCUT2D eigenvalue weighted by Crippen LogP contribution is -2.40. The molecule has 1 N–H and O–H groups in total. The first-order valence-electron chi connectivity index (χ1n) is 9.29. The third kappa shape index (κ3) is 3.86. The summed E-state index contributed by atoms with van der Waals surface area (Å²) in [4.78, 5) is 10.7. The fourth-order valence-electron chi connectivity index (χ4n) is 3.89. The van der Waals surface area contributed by atoms with Crippen LogP contribution in [-0.4, -0.2) is 42.3 Å². The van der Waals surface area contributed by atoms with Gasteiger partial charge >= 0.3 is 0 Å². The second-order valence-corrected chi connectivity index (χ2v) is 7.24. The average molecular weight is 356 g/mol. The largest absolute Gasteiger partial charge is 0.380 e. The quantitative estimate of drug-likeness (QED) is 0.827. The number of methoxy groups -OCH3 is 1. The Kier molecular flexibility index (Phi) is 5.13. The van der Waals surface area contributed by atoms with Gasteiger partial charge in [-0.05, 0) is 48.9 Å². The first-order valence-corrected chi connectivity index (χ1v) is 9.29. The van der Waals surface area contributed by atoms with E-state index in [-0.39, 0.29) is 18.0 Å². The molecule has 2 fully saturated rings. The molecule has 0 bridgehead atoms. The summed E-state index contributed by atoms with van der Waals surface area (Å²) < 4.78 is 18.9. The van der Waals surface area contributed by atoms with Gasteiger partial charge in [0.2, 0.25) is 0 Å². The number of hydrogen-bond acceptors (Lipinski definition) is 5. The molecule has 1 saturated heterocycles. The molecule has 2 heterocycles. The molecule has 1 aromatic carbocycles. The molecule has 6 heteroatoms. The number of aromatic nitrogens is 2. The van der Waals surface area contributed by atoms with E-state index in [1.807, 2.05) is 18.2 Å². The van der Waals surface area contributed by atoms with E-state index in [4.69, 9.17) is 4.74 Å². The molecule has 26 heavy (non-hydrogen) atoms. The van der Waals surface area contributed by atoms with E-state index >= 15 is 0 Å². The highest BCUT2D eigenvalue weighted by molar-refractivity contribution is 5.40. The summed E-state index contributed by atoms with van der Waals surface area (Å²) >= 11 is 0. The van der Waals surface area contributed by atoms with Crippen LogP contribution in [0.4, 0.5) is 10.2 Å². The van der Waals surface area contributed by atoms with Crippen LogP contribution in [0.1, 0.15) is 30.9 Å². The van der Waals surface area contributed by atoms with Crippen LogP contribution in [0.3, 0.4) is 0 Å². The van der Waals surface area contributed by atoms with E-state index in [9.17, 15) is 4.39 Å². The minimum absolute atomic E-state index is 0.183. The Morgan fingerprint density at radius 2 is 2.08 bits per heavy atom. The van der Waals surface area contributed by atoms with Crippen molar-refractivity contribution in [1.82, 2.24) is 15.3 Å². The van der Waals surface area contributed by atoms with Crippen LogP contribution in [-0.2, 0) is 4.74 Å². The lowest BCUT2D eigenvalue weighted by Gasteiger charge is -2.28. The lowest BCUT2D eigenvalue weighted by molar-refractivity contribution is 0.118. The fraction of sp³-hybridized carbons (Fsp3) is 0.500. The number of hydrogen-bond donors (Lipinski definition) is 1. The van der Waals surface area contributed by atoms with E-state index in [1.54, 1.807) is 31.8 Å². The van der Waals surface area contributed by atoms with Gasteiger partial charge in [0.1, 0.15) is 18.0 Å². The molecule has 5 nitrogen and oxygen atoms in total. The highest BCUT2D eigenvalue weighted by atomic mass is 19.1. The van der Waals surface area contributed by atoms with Crippen LogP contribution < -0.4 is 10.2 Å². The Bertz CT molecular complexity index is 708. The molecule has 0 radical (unpaired) electrons. The zero-order valence-corrected chi connectivity index (χ0v) is 15.0. The molecule has 1 aromatic heterocycles. The van der Waals surface area contributed by atoms with Gasteiger partial charge in [0.05, 0.1) is 6.10 Å². The molecular formula is C20H25FN4O. The fourth-order valence-corrected chi connectivity index (χ4v) is 3.89. The van der Waals surface area contributed by atoms with Crippen molar-refractivity contribution >= 4 is 5.82 Å². The molecule has 1 aliphatic carbocycles. The van der Waals surface area contributed by atoms with Gasteiger partial charge in [-0.1, -0.05) is 12.1 Å². The first kappa shape index (κ1) is 17.4. The van der Waals surface area contributed by atoms with Crippen molar-refractivity contribution in [1.29, 1.82) is 0 Å². The van der Waals surface area contributed by atoms with E-state index in [1.165, 1.54) is 18.4 Å². The number of nitrogens with zero attached hydrogens (tertiary/aromatic N) is 3. The number of ether oxygens (including phenoxy) is 1. The maximum absolute atomic E-state index is 13.3. The van der Waals surface area contributed by atoms with Crippen LogP contribution in [0.25, 0.3) is 0 Å². The summed E-state index contributed by atoms with van der Waals surface area (Å²) in [7, 11) is 1.77. The van der Waals surface area contributed by atoms with Crippen molar-refractivity contribution in [2.75, 3.05) is 25.1 Å². The van der Waals surface area contributed by atoms with Crippen molar-refractivity contribution in [2.45, 2.75) is 37.5 Å². The number of halogens is 1. The molecule has 4 rings (SSSR count). The van der Waals surface area contributed by atoms with Gasteiger partial charge in [-0.25, -0.2) is 14.4 Å². The number of rotatable bonds is 7. The summed E-state index contributed by atoms with van der Waals surface area (Å²) in [6.07, 6.45) is 7.01. The summed E-state index contributed by atoms with van der Waals surface area (Å²) in [6, 6.07) is 9.46. The third-order valence-electron chi connectivity index (χ3n) is 5.47. The molecule has 0 amide bonds. The Morgan fingerprint density at radius 3 is 2.73 bits per heavy atom. The predicted octanol–water partition coefficient (Wildman–Crippen LogP) is 2.95. The van der Waals surface area contributed by atoms with Crippen LogP contribution in [0.5, 0.6) is 0 Å². The van der Waals surface area contributed by atoms with E-state index < -0.39 is 0 Å². The normalized spacial score (nSPS) is 24.0. The molecule has 0 spiro atoms. The summed E-state index contributed by atoms with van der Waals surface area (Å²) in [5.41, 5.74) is 1.17. The summed E-state index contributed by atoms with van der Waals surface area (Å²) in [5, 5.41) is 3.74. The van der Waals surface area contributed by atoms with Crippen molar-refractivity contribution in [3.63, 3.8) is 0 Å². The van der Waals surface area contributed by atoms with Crippen molar-refractivity contribution in [2.24, 2.45) is 5.92 Å². The van der Waals surface area contributed by atoms with E-state index in [2.05, 4.69) is 20.2 Å². The minimum Gasteiger partial charge on any atom is -0.380 e. The second-order valence-electron chi connectivity index (χ2n) is 7.24. The molecule has 1 unspecified atom stereocenters. The van der Waals surface area contributed by atoms with Crippen LogP contribution >= 0.6 is 0 Å². The standard InChI is InChI=1S/C20H25FN4O/c1-26-18-10-17(25(12-18)19-8-9-22-13-24-19)11-23-20(14-2-3-14)15-4-6-16(21)7-5-15/h4-9,13-14,17-18,20,23H,2-3,10-12H2,1H3/t17-,18-,20?/m1/s1. The predicted molar refractivity (Wildman–Crippen MR) is 98.4 cm³/mol.